The van der Waals surface area contributed by atoms with Gasteiger partial charge >= 0.3 is 5.97 Å². The van der Waals surface area contributed by atoms with Gasteiger partial charge in [-0.25, -0.2) is 9.18 Å². The van der Waals surface area contributed by atoms with Crippen LogP contribution < -0.4 is 0 Å². The smallest absolute Gasteiger partial charge is 0.335 e. The summed E-state index contributed by atoms with van der Waals surface area (Å²) in [7, 11) is 0. The number of H-pyrrole nitrogens is 1. The van der Waals surface area contributed by atoms with Gasteiger partial charge in [0.25, 0.3) is 0 Å². The van der Waals surface area contributed by atoms with E-state index in [0.717, 1.165) is 38.9 Å². The average Bonchev–Trinajstić information content (AvgIpc) is 3.40. The highest BCUT2D eigenvalue weighted by Gasteiger charge is 2.32. The number of rotatable bonds is 5. The SMILES string of the molecule is CC(C)(CC#N)c1c(-c2ccc(C(=O)O)cc2)c2cc3[nH]nnc3cc2n1-c1ccc(F)cc1. The highest BCUT2D eigenvalue weighted by atomic mass is 19.1. The first-order chi connectivity index (χ1) is 16.3. The van der Waals surface area contributed by atoms with Crippen LogP contribution in [-0.2, 0) is 5.41 Å². The topological polar surface area (TPSA) is 108 Å². The first-order valence-corrected chi connectivity index (χ1v) is 10.7. The molecule has 34 heavy (non-hydrogen) atoms. The van der Waals surface area contributed by atoms with E-state index >= 15 is 0 Å². The number of nitrogens with one attached hydrogen (secondary N) is 1. The van der Waals surface area contributed by atoms with Crippen LogP contribution in [0.15, 0.2) is 60.7 Å². The van der Waals surface area contributed by atoms with Crippen LogP contribution in [0.5, 0.6) is 0 Å². The minimum absolute atomic E-state index is 0.184. The number of halogens is 1. The maximum absolute atomic E-state index is 13.8. The number of nitriles is 1. The molecule has 5 aromatic rings. The third kappa shape index (κ3) is 3.39. The molecule has 0 aliphatic carbocycles. The molecule has 0 aliphatic rings. The van der Waals surface area contributed by atoms with Crippen molar-refractivity contribution in [1.29, 1.82) is 5.26 Å². The standard InChI is InChI=1S/C26H20FN5O2/c1-26(2,11-12-28)24-23(15-3-5-16(6-4-15)25(33)34)19-13-20-21(30-31-29-20)14-22(19)32(24)18-9-7-17(27)8-10-18/h3-10,13-14H,11H2,1-2H3,(H,33,34)(H,29,30,31). The number of carboxylic acid groups (broad SMARTS) is 1. The summed E-state index contributed by atoms with van der Waals surface area (Å²) in [5, 5.41) is 30.8. The van der Waals surface area contributed by atoms with E-state index in [4.69, 9.17) is 0 Å². The Balaban J connectivity index is 1.94. The van der Waals surface area contributed by atoms with Gasteiger partial charge < -0.3 is 9.67 Å². The second kappa shape index (κ2) is 7.81. The Hall–Kier alpha value is -4.51. The van der Waals surface area contributed by atoms with Crippen LogP contribution in [0.4, 0.5) is 4.39 Å². The van der Waals surface area contributed by atoms with Gasteiger partial charge in [-0.1, -0.05) is 31.2 Å². The minimum Gasteiger partial charge on any atom is -0.478 e. The van der Waals surface area contributed by atoms with E-state index in [2.05, 4.69) is 21.5 Å². The Labute approximate surface area is 194 Å². The molecule has 0 spiro atoms. The number of hydrogen-bond donors (Lipinski definition) is 2. The van der Waals surface area contributed by atoms with Crippen molar-refractivity contribution in [3.63, 3.8) is 0 Å². The number of nitrogens with zero attached hydrogens (tertiary/aromatic N) is 4. The Morgan fingerprint density at radius 3 is 2.50 bits per heavy atom. The number of aromatic carboxylic acids is 1. The van der Waals surface area contributed by atoms with Crippen LogP contribution in [-0.4, -0.2) is 31.1 Å². The third-order valence-corrected chi connectivity index (χ3v) is 6.08. The predicted octanol–water partition coefficient (Wildman–Crippen LogP) is 5.60. The summed E-state index contributed by atoms with van der Waals surface area (Å²) in [6.07, 6.45) is 0.238. The fraction of sp³-hybridized carbons (Fsp3) is 0.154. The van der Waals surface area contributed by atoms with Crippen molar-refractivity contribution in [2.75, 3.05) is 0 Å². The van der Waals surface area contributed by atoms with Crippen LogP contribution in [0.3, 0.4) is 0 Å². The maximum Gasteiger partial charge on any atom is 0.335 e. The molecule has 0 aliphatic heterocycles. The van der Waals surface area contributed by atoms with E-state index in [9.17, 15) is 19.6 Å². The van der Waals surface area contributed by atoms with E-state index < -0.39 is 11.4 Å². The molecule has 3 aromatic carbocycles. The van der Waals surface area contributed by atoms with Gasteiger partial charge in [-0.3, -0.25) is 5.10 Å². The molecule has 2 heterocycles. The first-order valence-electron chi connectivity index (χ1n) is 10.7. The normalized spacial score (nSPS) is 11.7. The summed E-state index contributed by atoms with van der Waals surface area (Å²) in [6.45, 7) is 3.98. The van der Waals surface area contributed by atoms with Gasteiger partial charge in [0.15, 0.2) is 0 Å². The number of benzene rings is 3. The average molecular weight is 453 g/mol. The minimum atomic E-state index is -1.00. The molecule has 0 radical (unpaired) electrons. The maximum atomic E-state index is 13.8. The molecule has 0 unspecified atom stereocenters. The highest BCUT2D eigenvalue weighted by molar-refractivity contribution is 6.05. The summed E-state index contributed by atoms with van der Waals surface area (Å²) in [4.78, 5) is 11.4. The number of hydrogen-bond acceptors (Lipinski definition) is 4. The van der Waals surface area contributed by atoms with Crippen molar-refractivity contribution < 1.29 is 14.3 Å². The molecule has 8 heteroatoms. The lowest BCUT2D eigenvalue weighted by Gasteiger charge is -2.26. The zero-order chi connectivity index (χ0) is 24.0. The van der Waals surface area contributed by atoms with Crippen molar-refractivity contribution in [2.45, 2.75) is 25.7 Å². The molecule has 2 aromatic heterocycles. The molecule has 0 bridgehead atoms. The Kier molecular flexibility index (Phi) is 4.91. The lowest BCUT2D eigenvalue weighted by Crippen LogP contribution is -2.21. The van der Waals surface area contributed by atoms with Gasteiger partial charge in [-0.15, -0.1) is 5.10 Å². The first kappa shape index (κ1) is 21.3. The summed E-state index contributed by atoms with van der Waals surface area (Å²) in [5.41, 5.74) is 5.11. The summed E-state index contributed by atoms with van der Waals surface area (Å²) < 4.78 is 15.8. The van der Waals surface area contributed by atoms with Crippen LogP contribution in [0.25, 0.3) is 38.8 Å². The van der Waals surface area contributed by atoms with Crippen molar-refractivity contribution in [2.24, 2.45) is 0 Å². The molecule has 0 amide bonds. The monoisotopic (exact) mass is 453 g/mol. The lowest BCUT2D eigenvalue weighted by molar-refractivity contribution is 0.0697. The molecule has 0 saturated carbocycles. The molecule has 168 valence electrons. The number of carbonyl (C=O) groups is 1. The van der Waals surface area contributed by atoms with Crippen molar-refractivity contribution in [3.8, 4) is 22.9 Å². The molecular weight excluding hydrogens is 433 g/mol. The number of fused-ring (bicyclic) bond motifs is 2. The van der Waals surface area contributed by atoms with Gasteiger partial charge in [0, 0.05) is 34.2 Å². The molecule has 0 saturated heterocycles. The Bertz CT molecular complexity index is 1590. The molecule has 7 nitrogen and oxygen atoms in total. The van der Waals surface area contributed by atoms with Gasteiger partial charge in [-0.2, -0.15) is 5.26 Å². The van der Waals surface area contributed by atoms with E-state index in [-0.39, 0.29) is 17.8 Å². The van der Waals surface area contributed by atoms with Crippen LogP contribution in [0.2, 0.25) is 0 Å². The predicted molar refractivity (Wildman–Crippen MR) is 126 cm³/mol. The summed E-state index contributed by atoms with van der Waals surface area (Å²) >= 11 is 0. The fourth-order valence-corrected chi connectivity index (χ4v) is 4.48. The molecular formula is C26H20FN5O2. The zero-order valence-electron chi connectivity index (χ0n) is 18.5. The van der Waals surface area contributed by atoms with E-state index in [0.29, 0.717) is 5.52 Å². The van der Waals surface area contributed by atoms with Crippen molar-refractivity contribution >= 4 is 27.9 Å². The second-order valence-corrected chi connectivity index (χ2v) is 8.84. The Morgan fingerprint density at radius 2 is 1.85 bits per heavy atom. The van der Waals surface area contributed by atoms with Gasteiger partial charge in [0.05, 0.1) is 22.7 Å². The van der Waals surface area contributed by atoms with Crippen LogP contribution in [0.1, 0.15) is 36.3 Å². The Morgan fingerprint density at radius 1 is 1.15 bits per heavy atom. The molecule has 0 atom stereocenters. The van der Waals surface area contributed by atoms with E-state index in [1.165, 1.54) is 12.1 Å². The molecule has 5 rings (SSSR count). The lowest BCUT2D eigenvalue weighted by atomic mass is 9.81. The highest BCUT2D eigenvalue weighted by Crippen LogP contribution is 2.44. The van der Waals surface area contributed by atoms with Crippen LogP contribution >= 0.6 is 0 Å². The van der Waals surface area contributed by atoms with Crippen LogP contribution in [0, 0.1) is 17.1 Å². The van der Waals surface area contributed by atoms with Gasteiger partial charge in [-0.05, 0) is 54.1 Å². The summed E-state index contributed by atoms with van der Waals surface area (Å²) in [6, 6.07) is 19.0. The second-order valence-electron chi connectivity index (χ2n) is 8.84. The fourth-order valence-electron chi connectivity index (χ4n) is 4.48. The third-order valence-electron chi connectivity index (χ3n) is 6.08. The van der Waals surface area contributed by atoms with Crippen molar-refractivity contribution in [3.05, 3.63) is 77.7 Å². The zero-order valence-corrected chi connectivity index (χ0v) is 18.5. The number of aromatic nitrogens is 4. The molecule has 2 N–H and O–H groups in total. The number of aromatic amines is 1. The molecule has 0 fully saturated rings. The largest absolute Gasteiger partial charge is 0.478 e. The van der Waals surface area contributed by atoms with Gasteiger partial charge in [0.2, 0.25) is 0 Å². The van der Waals surface area contributed by atoms with E-state index in [1.807, 2.05) is 30.5 Å². The number of carboxylic acids is 1. The van der Waals surface area contributed by atoms with Gasteiger partial charge in [0.1, 0.15) is 11.3 Å². The van der Waals surface area contributed by atoms with Crippen molar-refractivity contribution in [1.82, 2.24) is 20.0 Å². The quantitative estimate of drug-likeness (QED) is 0.360. The summed E-state index contributed by atoms with van der Waals surface area (Å²) in [5.74, 6) is -1.35. The van der Waals surface area contributed by atoms with E-state index in [1.54, 1.807) is 36.4 Å².